The first-order valence-corrected chi connectivity index (χ1v) is 6.80. The quantitative estimate of drug-likeness (QED) is 0.860. The van der Waals surface area contributed by atoms with Crippen LogP contribution in [0.3, 0.4) is 0 Å². The molecule has 0 bridgehead atoms. The lowest BCUT2D eigenvalue weighted by Gasteiger charge is -2.12. The molecule has 0 spiro atoms. The number of amides is 1. The van der Waals surface area contributed by atoms with Crippen LogP contribution in [-0.2, 0) is 4.79 Å². The lowest BCUT2D eigenvalue weighted by molar-refractivity contribution is -0.114. The summed E-state index contributed by atoms with van der Waals surface area (Å²) in [7, 11) is 0. The third-order valence-corrected chi connectivity index (χ3v) is 2.83. The minimum atomic E-state index is -0.966. The summed E-state index contributed by atoms with van der Waals surface area (Å²) >= 11 is 0. The third kappa shape index (κ3) is 4.18. The van der Waals surface area contributed by atoms with E-state index in [1.54, 1.807) is 24.3 Å². The van der Waals surface area contributed by atoms with E-state index in [1.807, 2.05) is 6.92 Å². The Morgan fingerprint density at radius 3 is 2.64 bits per heavy atom. The summed E-state index contributed by atoms with van der Waals surface area (Å²) in [5.41, 5.74) is 0.883. The van der Waals surface area contributed by atoms with Gasteiger partial charge in [0.1, 0.15) is 5.75 Å². The summed E-state index contributed by atoms with van der Waals surface area (Å²) in [5, 5.41) is 5.42. The molecular weight excluding hydrogens is 290 g/mol. The van der Waals surface area contributed by atoms with Gasteiger partial charge in [-0.3, -0.25) is 4.79 Å². The molecule has 0 fully saturated rings. The normalized spacial score (nSPS) is 10.1. The first-order chi connectivity index (χ1) is 10.6. The highest BCUT2D eigenvalue weighted by atomic mass is 19.2. The van der Waals surface area contributed by atoms with Gasteiger partial charge in [0.2, 0.25) is 5.91 Å². The van der Waals surface area contributed by atoms with Gasteiger partial charge < -0.3 is 15.4 Å². The van der Waals surface area contributed by atoms with Crippen LogP contribution < -0.4 is 15.4 Å². The zero-order valence-electron chi connectivity index (χ0n) is 12.0. The Morgan fingerprint density at radius 2 is 1.91 bits per heavy atom. The van der Waals surface area contributed by atoms with Crippen molar-refractivity contribution in [3.05, 3.63) is 54.1 Å². The van der Waals surface area contributed by atoms with Crippen molar-refractivity contribution in [3.8, 4) is 5.75 Å². The average Bonchev–Trinajstić information content (AvgIpc) is 2.51. The highest BCUT2D eigenvalue weighted by molar-refractivity contribution is 5.95. The van der Waals surface area contributed by atoms with E-state index in [2.05, 4.69) is 10.6 Å². The van der Waals surface area contributed by atoms with Gasteiger partial charge in [-0.05, 0) is 31.2 Å². The Hall–Kier alpha value is -2.63. The Labute approximate surface area is 127 Å². The van der Waals surface area contributed by atoms with Crippen molar-refractivity contribution in [2.75, 3.05) is 23.8 Å². The number of carbonyl (C=O) groups is 1. The molecule has 116 valence electrons. The topological polar surface area (TPSA) is 50.4 Å². The number of hydrogen-bond donors (Lipinski definition) is 2. The maximum absolute atomic E-state index is 13.1. The van der Waals surface area contributed by atoms with Crippen molar-refractivity contribution in [3.63, 3.8) is 0 Å². The van der Waals surface area contributed by atoms with Gasteiger partial charge in [-0.2, -0.15) is 0 Å². The second kappa shape index (κ2) is 7.40. The molecule has 0 aliphatic carbocycles. The molecule has 0 heterocycles. The number of hydrogen-bond acceptors (Lipinski definition) is 3. The number of anilines is 2. The molecule has 1 amide bonds. The van der Waals surface area contributed by atoms with E-state index in [0.29, 0.717) is 23.7 Å². The molecule has 2 aromatic rings. The Bertz CT molecular complexity index is 662. The van der Waals surface area contributed by atoms with Crippen LogP contribution in [0.1, 0.15) is 6.92 Å². The van der Waals surface area contributed by atoms with E-state index >= 15 is 0 Å². The zero-order valence-corrected chi connectivity index (χ0v) is 12.0. The molecule has 0 atom stereocenters. The molecule has 0 aliphatic heterocycles. The highest BCUT2D eigenvalue weighted by Gasteiger charge is 2.08. The number of nitrogens with one attached hydrogen (secondary N) is 2. The smallest absolute Gasteiger partial charge is 0.243 e. The zero-order chi connectivity index (χ0) is 15.9. The predicted molar refractivity (Wildman–Crippen MR) is 81.1 cm³/mol. The van der Waals surface area contributed by atoms with Gasteiger partial charge >= 0.3 is 0 Å². The van der Waals surface area contributed by atoms with E-state index < -0.39 is 11.6 Å². The first kappa shape index (κ1) is 15.8. The number of rotatable bonds is 6. The molecular formula is C16H16F2N2O2. The summed E-state index contributed by atoms with van der Waals surface area (Å²) in [4.78, 5) is 11.9. The van der Waals surface area contributed by atoms with E-state index in [0.717, 1.165) is 12.1 Å². The van der Waals surface area contributed by atoms with Crippen molar-refractivity contribution in [1.82, 2.24) is 0 Å². The summed E-state index contributed by atoms with van der Waals surface area (Å²) in [6.07, 6.45) is 0. The Kier molecular flexibility index (Phi) is 5.30. The van der Waals surface area contributed by atoms with Gasteiger partial charge in [0.25, 0.3) is 0 Å². The second-order valence-corrected chi connectivity index (χ2v) is 4.46. The summed E-state index contributed by atoms with van der Waals surface area (Å²) in [5.74, 6) is -1.64. The number of ether oxygens (including phenoxy) is 1. The van der Waals surface area contributed by atoms with Crippen molar-refractivity contribution < 1.29 is 18.3 Å². The lowest BCUT2D eigenvalue weighted by atomic mass is 10.3. The fourth-order valence-electron chi connectivity index (χ4n) is 1.83. The van der Waals surface area contributed by atoms with Crippen LogP contribution in [0.25, 0.3) is 0 Å². The molecule has 0 radical (unpaired) electrons. The van der Waals surface area contributed by atoms with Gasteiger partial charge in [0.05, 0.1) is 18.8 Å². The number of halogens is 2. The summed E-state index contributed by atoms with van der Waals surface area (Å²) in [6.45, 7) is 2.26. The van der Waals surface area contributed by atoms with Crippen molar-refractivity contribution >= 4 is 17.3 Å². The van der Waals surface area contributed by atoms with Gasteiger partial charge in [-0.15, -0.1) is 0 Å². The van der Waals surface area contributed by atoms with E-state index in [-0.39, 0.29) is 12.5 Å². The highest BCUT2D eigenvalue weighted by Crippen LogP contribution is 2.23. The summed E-state index contributed by atoms with van der Waals surface area (Å²) in [6, 6.07) is 10.4. The van der Waals surface area contributed by atoms with Gasteiger partial charge in [0, 0.05) is 11.8 Å². The van der Waals surface area contributed by atoms with E-state index in [1.165, 1.54) is 6.07 Å². The lowest BCUT2D eigenvalue weighted by Crippen LogP contribution is -2.22. The van der Waals surface area contributed by atoms with Crippen LogP contribution in [0, 0.1) is 11.6 Å². The van der Waals surface area contributed by atoms with Crippen LogP contribution in [0.2, 0.25) is 0 Å². The molecule has 0 saturated heterocycles. The van der Waals surface area contributed by atoms with Crippen LogP contribution in [0.5, 0.6) is 5.75 Å². The maximum Gasteiger partial charge on any atom is 0.243 e. The maximum atomic E-state index is 13.1. The fraction of sp³-hybridized carbons (Fsp3) is 0.188. The summed E-state index contributed by atoms with van der Waals surface area (Å²) < 4.78 is 31.3. The molecule has 0 unspecified atom stereocenters. The molecule has 0 aliphatic rings. The average molecular weight is 306 g/mol. The third-order valence-electron chi connectivity index (χ3n) is 2.83. The number of benzene rings is 2. The molecule has 0 saturated carbocycles. The van der Waals surface area contributed by atoms with E-state index in [9.17, 15) is 13.6 Å². The van der Waals surface area contributed by atoms with Crippen LogP contribution in [0.4, 0.5) is 20.2 Å². The molecule has 0 aromatic heterocycles. The SMILES string of the molecule is CCOc1ccccc1NC(=O)CNc1ccc(F)c(F)c1. The molecule has 4 nitrogen and oxygen atoms in total. The van der Waals surface area contributed by atoms with Crippen LogP contribution in [0.15, 0.2) is 42.5 Å². The first-order valence-electron chi connectivity index (χ1n) is 6.80. The standard InChI is InChI=1S/C16H16F2N2O2/c1-2-22-15-6-4-3-5-14(15)20-16(21)10-19-11-7-8-12(17)13(18)9-11/h3-9,19H,2,10H2,1H3,(H,20,21). The van der Waals surface area contributed by atoms with Crippen LogP contribution >= 0.6 is 0 Å². The number of para-hydroxylation sites is 2. The second-order valence-electron chi connectivity index (χ2n) is 4.46. The van der Waals surface area contributed by atoms with Gasteiger partial charge in [0.15, 0.2) is 11.6 Å². The van der Waals surface area contributed by atoms with Crippen LogP contribution in [-0.4, -0.2) is 19.1 Å². The van der Waals surface area contributed by atoms with Gasteiger partial charge in [-0.25, -0.2) is 8.78 Å². The van der Waals surface area contributed by atoms with Crippen molar-refractivity contribution in [1.29, 1.82) is 0 Å². The van der Waals surface area contributed by atoms with E-state index in [4.69, 9.17) is 4.74 Å². The predicted octanol–water partition coefficient (Wildman–Crippen LogP) is 3.41. The molecule has 22 heavy (non-hydrogen) atoms. The number of carbonyl (C=O) groups excluding carboxylic acids is 1. The molecule has 2 aromatic carbocycles. The monoisotopic (exact) mass is 306 g/mol. The Balaban J connectivity index is 1.94. The molecule has 6 heteroatoms. The van der Waals surface area contributed by atoms with Crippen molar-refractivity contribution in [2.24, 2.45) is 0 Å². The fourth-order valence-corrected chi connectivity index (χ4v) is 1.83. The Morgan fingerprint density at radius 1 is 1.14 bits per heavy atom. The molecule has 2 rings (SSSR count). The molecule has 2 N–H and O–H groups in total. The minimum absolute atomic E-state index is 0.0778. The van der Waals surface area contributed by atoms with Crippen molar-refractivity contribution in [2.45, 2.75) is 6.92 Å². The van der Waals surface area contributed by atoms with Gasteiger partial charge in [-0.1, -0.05) is 12.1 Å². The largest absolute Gasteiger partial charge is 0.492 e. The minimum Gasteiger partial charge on any atom is -0.492 e.